The summed E-state index contributed by atoms with van der Waals surface area (Å²) >= 11 is 5.98. The van der Waals surface area contributed by atoms with Gasteiger partial charge in [0.2, 0.25) is 0 Å². The predicted octanol–water partition coefficient (Wildman–Crippen LogP) is 4.44. The fourth-order valence-corrected chi connectivity index (χ4v) is 3.67. The molecule has 30 heavy (non-hydrogen) atoms. The van der Waals surface area contributed by atoms with E-state index in [0.29, 0.717) is 36.9 Å². The van der Waals surface area contributed by atoms with Crippen molar-refractivity contribution in [2.24, 2.45) is 0 Å². The van der Waals surface area contributed by atoms with Crippen LogP contribution in [0.4, 0.5) is 13.2 Å². The molecule has 0 radical (unpaired) electrons. The van der Waals surface area contributed by atoms with Gasteiger partial charge in [0.25, 0.3) is 11.8 Å². The smallest absolute Gasteiger partial charge is 0.351 e. The molecule has 0 atom stereocenters. The van der Waals surface area contributed by atoms with Gasteiger partial charge in [0.1, 0.15) is 5.69 Å². The van der Waals surface area contributed by atoms with E-state index in [1.807, 2.05) is 0 Å². The maximum absolute atomic E-state index is 12.8. The normalized spacial score (nSPS) is 14.9. The number of H-pyrrole nitrogens is 1. The summed E-state index contributed by atoms with van der Waals surface area (Å²) in [6.07, 6.45) is -4.44. The second-order valence-electron chi connectivity index (χ2n) is 7.07. The summed E-state index contributed by atoms with van der Waals surface area (Å²) in [4.78, 5) is 31.6. The molecule has 1 N–H and O–H groups in total. The molecule has 0 aliphatic carbocycles. The number of nitrogens with one attached hydrogen (secondary N) is 1. The third-order valence-corrected chi connectivity index (χ3v) is 5.36. The highest BCUT2D eigenvalue weighted by Crippen LogP contribution is 2.29. The van der Waals surface area contributed by atoms with Gasteiger partial charge >= 0.3 is 6.18 Å². The van der Waals surface area contributed by atoms with Crippen molar-refractivity contribution in [2.45, 2.75) is 6.18 Å². The molecule has 2 heterocycles. The van der Waals surface area contributed by atoms with Crippen LogP contribution in [0.2, 0.25) is 5.02 Å². The van der Waals surface area contributed by atoms with Gasteiger partial charge < -0.3 is 14.8 Å². The standard InChI is InChI=1S/C21H17ClF3N3O2/c22-16-5-6-17-14(11-16)12-18(26-17)20(30)28-9-7-27(8-10-28)19(29)13-1-3-15(4-2-13)21(23,24)25/h1-6,11-12,26H,7-10H2. The number of halogens is 4. The number of benzene rings is 2. The Morgan fingerprint density at radius 1 is 0.867 bits per heavy atom. The Morgan fingerprint density at radius 3 is 2.07 bits per heavy atom. The number of hydrogen-bond acceptors (Lipinski definition) is 2. The molecule has 3 aromatic rings. The Bertz CT molecular complexity index is 1100. The number of fused-ring (bicyclic) bond motifs is 1. The molecule has 4 rings (SSSR count). The van der Waals surface area contributed by atoms with Crippen molar-refractivity contribution in [2.75, 3.05) is 26.2 Å². The highest BCUT2D eigenvalue weighted by molar-refractivity contribution is 6.31. The van der Waals surface area contributed by atoms with E-state index >= 15 is 0 Å². The number of carbonyl (C=O) groups is 2. The molecule has 0 saturated carbocycles. The third-order valence-electron chi connectivity index (χ3n) is 5.13. The van der Waals surface area contributed by atoms with Gasteiger partial charge in [0.05, 0.1) is 5.56 Å². The van der Waals surface area contributed by atoms with Crippen LogP contribution in [0.3, 0.4) is 0 Å². The number of alkyl halides is 3. The van der Waals surface area contributed by atoms with Crippen LogP contribution in [-0.4, -0.2) is 52.8 Å². The van der Waals surface area contributed by atoms with E-state index in [9.17, 15) is 22.8 Å². The van der Waals surface area contributed by atoms with Crippen LogP contribution in [0.25, 0.3) is 10.9 Å². The first-order valence-electron chi connectivity index (χ1n) is 9.26. The Hall–Kier alpha value is -3.00. The second kappa shape index (κ2) is 7.68. The van der Waals surface area contributed by atoms with E-state index in [0.717, 1.165) is 23.0 Å². The molecule has 9 heteroatoms. The lowest BCUT2D eigenvalue weighted by atomic mass is 10.1. The molecule has 1 fully saturated rings. The van der Waals surface area contributed by atoms with E-state index in [-0.39, 0.29) is 17.4 Å². The minimum absolute atomic E-state index is 0.177. The lowest BCUT2D eigenvalue weighted by Crippen LogP contribution is -2.50. The highest BCUT2D eigenvalue weighted by atomic mass is 35.5. The average molecular weight is 436 g/mol. The SMILES string of the molecule is O=C(c1ccc(C(F)(F)F)cc1)N1CCN(C(=O)c2cc3cc(Cl)ccc3[nH]2)CC1. The van der Waals surface area contributed by atoms with Crippen LogP contribution in [-0.2, 0) is 6.18 Å². The quantitative estimate of drug-likeness (QED) is 0.647. The van der Waals surface area contributed by atoms with Crippen molar-refractivity contribution in [1.29, 1.82) is 0 Å². The number of nitrogens with zero attached hydrogens (tertiary/aromatic N) is 2. The first-order valence-corrected chi connectivity index (χ1v) is 9.64. The number of piperazine rings is 1. The van der Waals surface area contributed by atoms with Gasteiger partial charge in [-0.1, -0.05) is 11.6 Å². The van der Waals surface area contributed by atoms with E-state index < -0.39 is 11.7 Å². The van der Waals surface area contributed by atoms with Gasteiger partial charge in [0, 0.05) is 47.7 Å². The van der Waals surface area contributed by atoms with E-state index in [4.69, 9.17) is 11.6 Å². The van der Waals surface area contributed by atoms with Crippen molar-refractivity contribution >= 4 is 34.3 Å². The van der Waals surface area contributed by atoms with E-state index in [1.165, 1.54) is 17.0 Å². The van der Waals surface area contributed by atoms with Crippen LogP contribution in [0.1, 0.15) is 26.4 Å². The number of carbonyl (C=O) groups excluding carboxylic acids is 2. The van der Waals surface area contributed by atoms with Crippen LogP contribution in [0.15, 0.2) is 48.5 Å². The van der Waals surface area contributed by atoms with E-state index in [1.54, 1.807) is 29.2 Å². The summed E-state index contributed by atoms with van der Waals surface area (Å²) in [6, 6.07) is 11.2. The zero-order valence-corrected chi connectivity index (χ0v) is 16.4. The zero-order valence-electron chi connectivity index (χ0n) is 15.7. The Morgan fingerprint density at radius 2 is 1.47 bits per heavy atom. The van der Waals surface area contributed by atoms with Crippen molar-refractivity contribution < 1.29 is 22.8 Å². The number of hydrogen-bond donors (Lipinski definition) is 1. The second-order valence-corrected chi connectivity index (χ2v) is 7.51. The van der Waals surface area contributed by atoms with Crippen molar-refractivity contribution in [3.05, 3.63) is 70.4 Å². The molecule has 5 nitrogen and oxygen atoms in total. The Labute approximate surface area is 175 Å². The molecule has 1 aromatic heterocycles. The highest BCUT2D eigenvalue weighted by Gasteiger charge is 2.31. The molecular formula is C21H17ClF3N3O2. The van der Waals surface area contributed by atoms with Crippen LogP contribution in [0, 0.1) is 0 Å². The first kappa shape index (κ1) is 20.3. The van der Waals surface area contributed by atoms with Crippen molar-refractivity contribution in [3.63, 3.8) is 0 Å². The van der Waals surface area contributed by atoms with Gasteiger partial charge in [-0.25, -0.2) is 0 Å². The summed E-state index contributed by atoms with van der Waals surface area (Å²) in [5, 5.41) is 1.41. The van der Waals surface area contributed by atoms with Crippen LogP contribution < -0.4 is 0 Å². The summed E-state index contributed by atoms with van der Waals surface area (Å²) in [5.41, 5.74) is 0.637. The minimum atomic E-state index is -4.44. The van der Waals surface area contributed by atoms with Crippen molar-refractivity contribution in [1.82, 2.24) is 14.8 Å². The zero-order chi connectivity index (χ0) is 21.5. The maximum Gasteiger partial charge on any atom is 0.416 e. The predicted molar refractivity (Wildman–Crippen MR) is 107 cm³/mol. The van der Waals surface area contributed by atoms with Crippen LogP contribution >= 0.6 is 11.6 Å². The summed E-state index contributed by atoms with van der Waals surface area (Å²) < 4.78 is 38.0. The minimum Gasteiger partial charge on any atom is -0.351 e. The first-order chi connectivity index (χ1) is 14.2. The molecule has 2 amide bonds. The Balaban J connectivity index is 1.40. The van der Waals surface area contributed by atoms with Gasteiger partial charge in [-0.15, -0.1) is 0 Å². The van der Waals surface area contributed by atoms with Crippen LogP contribution in [0.5, 0.6) is 0 Å². The van der Waals surface area contributed by atoms with Crippen molar-refractivity contribution in [3.8, 4) is 0 Å². The molecule has 1 saturated heterocycles. The average Bonchev–Trinajstić information content (AvgIpc) is 3.15. The molecule has 0 spiro atoms. The number of amides is 2. The fourth-order valence-electron chi connectivity index (χ4n) is 3.49. The molecule has 0 bridgehead atoms. The topological polar surface area (TPSA) is 56.4 Å². The third kappa shape index (κ3) is 4.00. The van der Waals surface area contributed by atoms with Gasteiger partial charge in [-0.3, -0.25) is 9.59 Å². The van der Waals surface area contributed by atoms with Gasteiger partial charge in [-0.2, -0.15) is 13.2 Å². The molecule has 156 valence electrons. The largest absolute Gasteiger partial charge is 0.416 e. The summed E-state index contributed by atoms with van der Waals surface area (Å²) in [7, 11) is 0. The molecule has 1 aliphatic heterocycles. The monoisotopic (exact) mass is 435 g/mol. The molecule has 1 aliphatic rings. The summed E-state index contributed by atoms with van der Waals surface area (Å²) in [5.74, 6) is -0.528. The van der Waals surface area contributed by atoms with Gasteiger partial charge in [0.15, 0.2) is 0 Å². The fraction of sp³-hybridized carbons (Fsp3) is 0.238. The summed E-state index contributed by atoms with van der Waals surface area (Å²) in [6.45, 7) is 1.28. The molecule has 0 unspecified atom stereocenters. The van der Waals surface area contributed by atoms with Gasteiger partial charge in [-0.05, 0) is 48.5 Å². The lowest BCUT2D eigenvalue weighted by Gasteiger charge is -2.34. The molecule has 2 aromatic carbocycles. The number of rotatable bonds is 2. The Kier molecular flexibility index (Phi) is 5.19. The maximum atomic E-state index is 12.8. The molecular weight excluding hydrogens is 419 g/mol. The number of aromatic nitrogens is 1. The number of aromatic amines is 1. The lowest BCUT2D eigenvalue weighted by molar-refractivity contribution is -0.137. The van der Waals surface area contributed by atoms with E-state index in [2.05, 4.69) is 4.98 Å².